The topological polar surface area (TPSA) is 113 Å². The van der Waals surface area contributed by atoms with Crippen molar-refractivity contribution < 1.29 is 37.4 Å². The minimum atomic E-state index is -4.82. The third-order valence-corrected chi connectivity index (χ3v) is 6.73. The Morgan fingerprint density at radius 1 is 1.18 bits per heavy atom. The van der Waals surface area contributed by atoms with E-state index in [1.807, 2.05) is 17.9 Å². The van der Waals surface area contributed by atoms with Gasteiger partial charge in [0.1, 0.15) is 5.75 Å². The van der Waals surface area contributed by atoms with Gasteiger partial charge in [0.2, 0.25) is 11.8 Å². The van der Waals surface area contributed by atoms with Crippen LogP contribution in [0.5, 0.6) is 5.75 Å². The Hall–Kier alpha value is -2.92. The number of carbonyl (C=O) groups excluding carboxylic acids is 3. The molecule has 2 saturated heterocycles. The van der Waals surface area contributed by atoms with E-state index in [0.717, 1.165) is 5.57 Å². The molecule has 8 nitrogen and oxygen atoms in total. The summed E-state index contributed by atoms with van der Waals surface area (Å²) in [5.74, 6) is -3.55. The van der Waals surface area contributed by atoms with E-state index in [9.17, 15) is 32.7 Å². The second-order valence-corrected chi connectivity index (χ2v) is 8.59. The molecule has 1 aromatic carbocycles. The van der Waals surface area contributed by atoms with E-state index in [0.29, 0.717) is 23.3 Å². The van der Waals surface area contributed by atoms with Crippen LogP contribution in [-0.2, 0) is 16.1 Å². The lowest BCUT2D eigenvalue weighted by Gasteiger charge is -2.53. The SMILES string of the molecule is CC1C2C(CCCO)=CC(C3C(=O)N(C(N)=O)C(=O)C23)N1Cc1cccc(OC(F)(F)F)c1. The predicted octanol–water partition coefficient (Wildman–Crippen LogP) is 2.17. The molecule has 2 fully saturated rings. The van der Waals surface area contributed by atoms with Crippen LogP contribution in [0.1, 0.15) is 25.3 Å². The fourth-order valence-corrected chi connectivity index (χ4v) is 5.56. The van der Waals surface area contributed by atoms with Crippen molar-refractivity contribution in [2.75, 3.05) is 6.61 Å². The molecule has 11 heteroatoms. The summed E-state index contributed by atoms with van der Waals surface area (Å²) >= 11 is 0. The number of aliphatic hydroxyl groups is 1. The number of nitrogens with zero attached hydrogens (tertiary/aromatic N) is 2. The molecule has 4 amide bonds. The third kappa shape index (κ3) is 4.10. The fourth-order valence-electron chi connectivity index (χ4n) is 5.56. The first kappa shape index (κ1) is 23.2. The maximum Gasteiger partial charge on any atom is 0.573 e. The van der Waals surface area contributed by atoms with Crippen LogP contribution in [-0.4, -0.2) is 57.8 Å². The lowest BCUT2D eigenvalue weighted by Crippen LogP contribution is -2.61. The number of nitrogens with two attached hydrogens (primary N) is 1. The van der Waals surface area contributed by atoms with Gasteiger partial charge in [-0.1, -0.05) is 23.8 Å². The zero-order valence-electron chi connectivity index (χ0n) is 17.8. The lowest BCUT2D eigenvalue weighted by molar-refractivity contribution is -0.274. The Balaban J connectivity index is 1.67. The number of fused-ring (bicyclic) bond motifs is 1. The quantitative estimate of drug-likeness (QED) is 0.490. The molecule has 5 atom stereocenters. The predicted molar refractivity (Wildman–Crippen MR) is 108 cm³/mol. The van der Waals surface area contributed by atoms with Gasteiger partial charge < -0.3 is 15.6 Å². The number of hydrogen-bond acceptors (Lipinski definition) is 6. The molecule has 0 radical (unpaired) electrons. The molecule has 33 heavy (non-hydrogen) atoms. The molecule has 1 aliphatic carbocycles. The number of hydrogen-bond donors (Lipinski definition) is 2. The third-order valence-electron chi connectivity index (χ3n) is 6.73. The first-order valence-corrected chi connectivity index (χ1v) is 10.6. The highest BCUT2D eigenvalue weighted by Gasteiger charge is 2.63. The number of primary amides is 1. The van der Waals surface area contributed by atoms with Crippen molar-refractivity contribution in [2.45, 2.75) is 44.8 Å². The van der Waals surface area contributed by atoms with Gasteiger partial charge in [0.05, 0.1) is 11.8 Å². The summed E-state index contributed by atoms with van der Waals surface area (Å²) in [6, 6.07) is 3.69. The first-order valence-electron chi connectivity index (χ1n) is 10.6. The standard InChI is InChI=1S/C22H24F3N3O5/c1-11-16-13(5-3-7-29)9-15(17-18(16)20(31)28(19(17)30)21(26)32)27(11)10-12-4-2-6-14(8-12)33-22(23,24)25/h2,4,6,8-9,11,15-18,29H,3,5,7,10H2,1H3,(H2,26,32). The van der Waals surface area contributed by atoms with Gasteiger partial charge >= 0.3 is 12.4 Å². The number of benzene rings is 1. The van der Waals surface area contributed by atoms with E-state index in [1.165, 1.54) is 18.2 Å². The van der Waals surface area contributed by atoms with Crippen LogP contribution in [0.25, 0.3) is 0 Å². The molecule has 3 heterocycles. The second-order valence-electron chi connectivity index (χ2n) is 8.59. The van der Waals surface area contributed by atoms with Crippen LogP contribution in [0, 0.1) is 17.8 Å². The smallest absolute Gasteiger partial charge is 0.406 e. The number of amides is 4. The zero-order chi connectivity index (χ0) is 24.1. The summed E-state index contributed by atoms with van der Waals surface area (Å²) < 4.78 is 41.9. The Bertz CT molecular complexity index is 1010. The number of ether oxygens (including phenoxy) is 1. The van der Waals surface area contributed by atoms with Crippen molar-refractivity contribution in [3.05, 3.63) is 41.5 Å². The van der Waals surface area contributed by atoms with Crippen molar-refractivity contribution in [3.8, 4) is 5.75 Å². The van der Waals surface area contributed by atoms with Gasteiger partial charge in [-0.2, -0.15) is 4.90 Å². The average molecular weight is 467 g/mol. The number of rotatable bonds is 6. The summed E-state index contributed by atoms with van der Waals surface area (Å²) in [4.78, 5) is 40.2. The number of alkyl halides is 3. The van der Waals surface area contributed by atoms with Gasteiger partial charge in [-0.05, 0) is 37.5 Å². The van der Waals surface area contributed by atoms with Crippen LogP contribution in [0.2, 0.25) is 0 Å². The monoisotopic (exact) mass is 467 g/mol. The van der Waals surface area contributed by atoms with E-state index in [-0.39, 0.29) is 30.9 Å². The van der Waals surface area contributed by atoms with Crippen molar-refractivity contribution in [3.63, 3.8) is 0 Å². The molecule has 0 saturated carbocycles. The van der Waals surface area contributed by atoms with Gasteiger partial charge in [-0.3, -0.25) is 14.5 Å². The molecule has 2 bridgehead atoms. The zero-order valence-corrected chi connectivity index (χ0v) is 17.8. The van der Waals surface area contributed by atoms with Gasteiger partial charge in [0.15, 0.2) is 0 Å². The molecule has 0 spiro atoms. The van der Waals surface area contributed by atoms with Gasteiger partial charge in [0.25, 0.3) is 0 Å². The number of urea groups is 1. The highest BCUT2D eigenvalue weighted by molar-refractivity contribution is 6.17. The summed E-state index contributed by atoms with van der Waals surface area (Å²) in [5.41, 5.74) is 6.77. The number of imide groups is 3. The van der Waals surface area contributed by atoms with Crippen LogP contribution < -0.4 is 10.5 Å². The number of carbonyl (C=O) groups is 3. The molecule has 4 aliphatic rings. The molecule has 1 aromatic rings. The Morgan fingerprint density at radius 3 is 2.52 bits per heavy atom. The van der Waals surface area contributed by atoms with E-state index >= 15 is 0 Å². The lowest BCUT2D eigenvalue weighted by atomic mass is 9.62. The molecule has 5 unspecified atom stereocenters. The van der Waals surface area contributed by atoms with Gasteiger partial charge in [0, 0.05) is 31.2 Å². The summed E-state index contributed by atoms with van der Waals surface area (Å²) in [7, 11) is 0. The number of aliphatic hydroxyl groups excluding tert-OH is 1. The summed E-state index contributed by atoms with van der Waals surface area (Å²) in [6.07, 6.45) is -1.90. The minimum Gasteiger partial charge on any atom is -0.406 e. The molecule has 5 rings (SSSR count). The Morgan fingerprint density at radius 2 is 1.88 bits per heavy atom. The average Bonchev–Trinajstić information content (AvgIpc) is 2.99. The minimum absolute atomic E-state index is 0.0345. The number of likely N-dealkylation sites (tertiary alicyclic amines) is 1. The number of halogens is 3. The van der Waals surface area contributed by atoms with E-state index < -0.39 is 42.1 Å². The Kier molecular flexibility index (Phi) is 5.95. The molecular formula is C22H24F3N3O5. The maximum absolute atomic E-state index is 13.0. The second kappa shape index (κ2) is 8.45. The van der Waals surface area contributed by atoms with Crippen LogP contribution >= 0.6 is 0 Å². The normalized spacial score (nSPS) is 29.3. The van der Waals surface area contributed by atoms with Crippen LogP contribution in [0.4, 0.5) is 18.0 Å². The Labute approximate surface area is 187 Å². The molecule has 3 aliphatic heterocycles. The molecule has 178 valence electrons. The van der Waals surface area contributed by atoms with Gasteiger partial charge in [-0.25, -0.2) is 4.79 Å². The summed E-state index contributed by atoms with van der Waals surface area (Å²) in [6.45, 7) is 2.07. The summed E-state index contributed by atoms with van der Waals surface area (Å²) in [5, 5.41) is 9.26. The first-order chi connectivity index (χ1) is 15.5. The highest BCUT2D eigenvalue weighted by Crippen LogP contribution is 2.52. The van der Waals surface area contributed by atoms with E-state index in [1.54, 1.807) is 6.07 Å². The van der Waals surface area contributed by atoms with E-state index in [4.69, 9.17) is 5.73 Å². The van der Waals surface area contributed by atoms with Crippen molar-refractivity contribution in [1.82, 2.24) is 9.80 Å². The maximum atomic E-state index is 13.0. The molecule has 0 aromatic heterocycles. The van der Waals surface area contributed by atoms with Crippen LogP contribution in [0.15, 0.2) is 35.9 Å². The highest BCUT2D eigenvalue weighted by atomic mass is 19.4. The van der Waals surface area contributed by atoms with Crippen molar-refractivity contribution in [1.29, 1.82) is 0 Å². The van der Waals surface area contributed by atoms with Gasteiger partial charge in [-0.15, -0.1) is 13.2 Å². The largest absolute Gasteiger partial charge is 0.573 e. The molecule has 3 N–H and O–H groups in total. The number of piperidine rings is 1. The van der Waals surface area contributed by atoms with E-state index in [2.05, 4.69) is 4.74 Å². The van der Waals surface area contributed by atoms with Crippen LogP contribution in [0.3, 0.4) is 0 Å². The van der Waals surface area contributed by atoms with Crippen molar-refractivity contribution in [2.24, 2.45) is 23.5 Å². The van der Waals surface area contributed by atoms with Crippen molar-refractivity contribution >= 4 is 17.8 Å². The molecular weight excluding hydrogens is 443 g/mol. The fraction of sp³-hybridized carbons (Fsp3) is 0.500.